The van der Waals surface area contributed by atoms with Crippen LogP contribution in [0.1, 0.15) is 20.8 Å². The van der Waals surface area contributed by atoms with E-state index in [1.807, 2.05) is 40.1 Å². The first-order valence-electron chi connectivity index (χ1n) is 11.6. The van der Waals surface area contributed by atoms with Gasteiger partial charge in [-0.3, -0.25) is 4.68 Å². The third-order valence-electron chi connectivity index (χ3n) is 6.07. The Hall–Kier alpha value is -3.11. The maximum absolute atomic E-state index is 16.0. The normalized spacial score (nSPS) is 14.6. The monoisotopic (exact) mass is 531 g/mol. The van der Waals surface area contributed by atoms with E-state index in [0.717, 1.165) is 10.4 Å². The van der Waals surface area contributed by atoms with E-state index in [2.05, 4.69) is 14.4 Å². The molecule has 1 fully saturated rings. The number of piperazine rings is 1. The molecule has 11 heteroatoms. The number of halogens is 2. The van der Waals surface area contributed by atoms with Crippen LogP contribution in [0.2, 0.25) is 5.02 Å². The zero-order valence-corrected chi connectivity index (χ0v) is 22.3. The molecule has 0 unspecified atom stereocenters. The van der Waals surface area contributed by atoms with Crippen LogP contribution in [0.25, 0.3) is 32.9 Å². The van der Waals surface area contributed by atoms with Crippen molar-refractivity contribution in [2.24, 2.45) is 7.05 Å². The number of nitrogens with zero attached hydrogens (tertiary/aromatic N) is 5. The highest BCUT2D eigenvalue weighted by molar-refractivity contribution is 7.11. The van der Waals surface area contributed by atoms with Crippen molar-refractivity contribution in [2.45, 2.75) is 26.4 Å². The number of rotatable bonds is 3. The van der Waals surface area contributed by atoms with Gasteiger partial charge in [0, 0.05) is 61.3 Å². The van der Waals surface area contributed by atoms with Gasteiger partial charge in [0.25, 0.3) is 0 Å². The maximum Gasteiger partial charge on any atom is 0.410 e. The molecule has 1 aliphatic rings. The van der Waals surface area contributed by atoms with Gasteiger partial charge >= 0.3 is 6.09 Å². The lowest BCUT2D eigenvalue weighted by Gasteiger charge is -2.36. The van der Waals surface area contributed by atoms with Gasteiger partial charge in [-0.2, -0.15) is 9.47 Å². The zero-order chi connectivity index (χ0) is 25.8. The van der Waals surface area contributed by atoms with Gasteiger partial charge in [0.1, 0.15) is 27.4 Å². The third-order valence-corrected chi connectivity index (χ3v) is 7.29. The average molecular weight is 532 g/mol. The van der Waals surface area contributed by atoms with Crippen molar-refractivity contribution < 1.29 is 18.7 Å². The molecule has 5 rings (SSSR count). The van der Waals surface area contributed by atoms with Crippen LogP contribution in [0.3, 0.4) is 0 Å². The molecule has 0 radical (unpaired) electrons. The average Bonchev–Trinajstić information content (AvgIpc) is 3.40. The van der Waals surface area contributed by atoms with Crippen LogP contribution in [0.5, 0.6) is 5.75 Å². The standard InChI is InChI=1S/C25H27ClFN5O3S/c1-25(2,3)35-24(33)32-8-6-31(7-9-32)23-17-12-18(26)19(20(27)22(17)29-36-23)16-11-15(34-5)10-14-13-30(4)28-21(14)16/h10-13H,6-9H2,1-5H3. The van der Waals surface area contributed by atoms with Crippen LogP contribution in [0.15, 0.2) is 24.4 Å². The summed E-state index contributed by atoms with van der Waals surface area (Å²) in [5.74, 6) is 0.0930. The Labute approximate surface area is 217 Å². The number of hydrogen-bond donors (Lipinski definition) is 0. The zero-order valence-electron chi connectivity index (χ0n) is 20.8. The van der Waals surface area contributed by atoms with E-state index in [9.17, 15) is 4.79 Å². The van der Waals surface area contributed by atoms with Gasteiger partial charge in [-0.05, 0) is 50.5 Å². The van der Waals surface area contributed by atoms with Gasteiger partial charge in [-0.1, -0.05) is 11.6 Å². The van der Waals surface area contributed by atoms with Gasteiger partial charge in [0.05, 0.1) is 12.1 Å². The molecule has 2 aromatic carbocycles. The number of aromatic nitrogens is 3. The van der Waals surface area contributed by atoms with Crippen molar-refractivity contribution in [2.75, 3.05) is 38.2 Å². The Balaban J connectivity index is 1.48. The lowest BCUT2D eigenvalue weighted by atomic mass is 10.00. The highest BCUT2D eigenvalue weighted by Crippen LogP contribution is 2.43. The van der Waals surface area contributed by atoms with E-state index in [0.29, 0.717) is 48.4 Å². The fourth-order valence-corrected chi connectivity index (χ4v) is 5.63. The van der Waals surface area contributed by atoms with E-state index in [1.54, 1.807) is 28.8 Å². The lowest BCUT2D eigenvalue weighted by molar-refractivity contribution is 0.0241. The Morgan fingerprint density at radius 1 is 1.14 bits per heavy atom. The molecule has 1 aliphatic heterocycles. The summed E-state index contributed by atoms with van der Waals surface area (Å²) in [6, 6.07) is 5.37. The second-order valence-corrected chi connectivity index (χ2v) is 11.0. The number of amides is 1. The van der Waals surface area contributed by atoms with Crippen LogP contribution in [0.4, 0.5) is 14.2 Å². The van der Waals surface area contributed by atoms with Crippen molar-refractivity contribution in [3.05, 3.63) is 35.2 Å². The molecule has 36 heavy (non-hydrogen) atoms. The third kappa shape index (κ3) is 4.43. The predicted molar refractivity (Wildman–Crippen MR) is 141 cm³/mol. The minimum absolute atomic E-state index is 0.248. The van der Waals surface area contributed by atoms with E-state index in [-0.39, 0.29) is 22.2 Å². The van der Waals surface area contributed by atoms with Gasteiger partial charge in [-0.15, -0.1) is 0 Å². The minimum atomic E-state index is -0.544. The first kappa shape index (κ1) is 24.6. The number of anilines is 1. The van der Waals surface area contributed by atoms with Gasteiger partial charge < -0.3 is 19.3 Å². The molecule has 190 valence electrons. The summed E-state index contributed by atoms with van der Waals surface area (Å²) in [5.41, 5.74) is 1.15. The Bertz CT molecular complexity index is 1470. The van der Waals surface area contributed by atoms with Crippen LogP contribution in [-0.4, -0.2) is 64.0 Å². The molecule has 3 heterocycles. The lowest BCUT2D eigenvalue weighted by Crippen LogP contribution is -2.50. The number of hydrogen-bond acceptors (Lipinski definition) is 7. The van der Waals surface area contributed by atoms with Crippen LogP contribution in [-0.2, 0) is 11.8 Å². The largest absolute Gasteiger partial charge is 0.497 e. The summed E-state index contributed by atoms with van der Waals surface area (Å²) in [6.07, 6.45) is 1.53. The van der Waals surface area contributed by atoms with Gasteiger partial charge in [-0.25, -0.2) is 9.18 Å². The summed E-state index contributed by atoms with van der Waals surface area (Å²) < 4.78 is 33.0. The summed E-state index contributed by atoms with van der Waals surface area (Å²) in [7, 11) is 3.38. The second kappa shape index (κ2) is 9.08. The van der Waals surface area contributed by atoms with E-state index < -0.39 is 11.4 Å². The highest BCUT2D eigenvalue weighted by Gasteiger charge is 2.29. The molecule has 1 amide bonds. The topological polar surface area (TPSA) is 72.7 Å². The molecule has 8 nitrogen and oxygen atoms in total. The number of methoxy groups -OCH3 is 1. The SMILES string of the molecule is COc1cc(-c2c(Cl)cc3c(N4CCN(C(=O)OC(C)(C)C)CC4)snc3c2F)c2nn(C)cc2c1. The van der Waals surface area contributed by atoms with Crippen molar-refractivity contribution >= 4 is 56.0 Å². The Morgan fingerprint density at radius 2 is 1.86 bits per heavy atom. The molecular weight excluding hydrogens is 505 g/mol. The summed E-state index contributed by atoms with van der Waals surface area (Å²) in [4.78, 5) is 16.2. The van der Waals surface area contributed by atoms with Crippen LogP contribution in [0, 0.1) is 5.82 Å². The van der Waals surface area contributed by atoms with Crippen LogP contribution < -0.4 is 9.64 Å². The van der Waals surface area contributed by atoms with E-state index in [4.69, 9.17) is 21.1 Å². The molecule has 4 aromatic rings. The fraction of sp³-hybridized carbons (Fsp3) is 0.400. The highest BCUT2D eigenvalue weighted by atomic mass is 35.5. The van der Waals surface area contributed by atoms with Gasteiger partial charge in [0.15, 0.2) is 5.82 Å². The molecule has 0 N–H and O–H groups in total. The number of carbonyl (C=O) groups is 1. The first-order valence-corrected chi connectivity index (χ1v) is 12.7. The number of carbonyl (C=O) groups excluding carboxylic acids is 1. The van der Waals surface area contributed by atoms with Crippen molar-refractivity contribution in [1.82, 2.24) is 19.1 Å². The molecule has 0 bridgehead atoms. The molecule has 2 aromatic heterocycles. The van der Waals surface area contributed by atoms with Crippen molar-refractivity contribution in [3.63, 3.8) is 0 Å². The summed E-state index contributed by atoms with van der Waals surface area (Å²) in [5, 5.41) is 7.09. The molecule has 0 atom stereocenters. The van der Waals surface area contributed by atoms with E-state index >= 15 is 4.39 Å². The molecule has 0 spiro atoms. The quantitative estimate of drug-likeness (QED) is 0.337. The summed E-state index contributed by atoms with van der Waals surface area (Å²) in [6.45, 7) is 7.72. The Morgan fingerprint density at radius 3 is 2.53 bits per heavy atom. The van der Waals surface area contributed by atoms with Gasteiger partial charge in [0.2, 0.25) is 0 Å². The molecule has 0 saturated carbocycles. The van der Waals surface area contributed by atoms with Crippen LogP contribution >= 0.6 is 23.1 Å². The first-order chi connectivity index (χ1) is 17.1. The number of aryl methyl sites for hydroxylation is 1. The smallest absolute Gasteiger partial charge is 0.410 e. The molecule has 0 aliphatic carbocycles. The summed E-state index contributed by atoms with van der Waals surface area (Å²) >= 11 is 7.94. The van der Waals surface area contributed by atoms with Crippen molar-refractivity contribution in [1.29, 1.82) is 0 Å². The fourth-order valence-electron chi connectivity index (χ4n) is 4.43. The van der Waals surface area contributed by atoms with Crippen molar-refractivity contribution in [3.8, 4) is 16.9 Å². The second-order valence-electron chi connectivity index (χ2n) is 9.80. The number of ether oxygens (including phenoxy) is 2. The van der Waals surface area contributed by atoms with E-state index in [1.165, 1.54) is 11.5 Å². The predicted octanol–water partition coefficient (Wildman–Crippen LogP) is 5.71. The number of benzene rings is 2. The minimum Gasteiger partial charge on any atom is -0.497 e. The molecule has 1 saturated heterocycles. The molecular formula is C25H27ClFN5O3S. The maximum atomic E-state index is 16.0. The number of fused-ring (bicyclic) bond motifs is 2. The Kier molecular flexibility index (Phi) is 6.20.